The molecular weight excluding hydrogens is 492 g/mol. The van der Waals surface area contributed by atoms with Crippen molar-refractivity contribution in [1.29, 1.82) is 0 Å². The van der Waals surface area contributed by atoms with Crippen LogP contribution in [-0.2, 0) is 16.0 Å². The molecule has 0 aliphatic rings. The topological polar surface area (TPSA) is 61.8 Å². The molecule has 2 aromatic carbocycles. The summed E-state index contributed by atoms with van der Waals surface area (Å²) >= 11 is 6.98. The lowest BCUT2D eigenvalue weighted by molar-refractivity contribution is -0.139. The van der Waals surface area contributed by atoms with Crippen LogP contribution < -0.4 is 9.47 Å². The Morgan fingerprint density at radius 2 is 1.61 bits per heavy atom. The van der Waals surface area contributed by atoms with Crippen molar-refractivity contribution < 1.29 is 23.8 Å². The van der Waals surface area contributed by atoms with Gasteiger partial charge in [-0.3, -0.25) is 9.59 Å². The Hall–Kier alpha value is -1.86. The number of carbonyl (C=O) groups is 2. The first-order valence-electron chi connectivity index (χ1n) is 8.63. The van der Waals surface area contributed by atoms with Crippen LogP contribution in [-0.4, -0.2) is 26.0 Å². The maximum atomic E-state index is 12.2. The third kappa shape index (κ3) is 5.14. The molecule has 0 amide bonds. The number of hydrogen-bond acceptors (Lipinski definition) is 5. The molecule has 0 atom stereocenters. The minimum absolute atomic E-state index is 0.127. The van der Waals surface area contributed by atoms with Gasteiger partial charge in [-0.15, -0.1) is 0 Å². The van der Waals surface area contributed by atoms with Crippen LogP contribution >= 0.6 is 31.9 Å². The minimum atomic E-state index is -0.330. The van der Waals surface area contributed by atoms with E-state index in [1.165, 1.54) is 14.0 Å². The van der Waals surface area contributed by atoms with Gasteiger partial charge in [0.2, 0.25) is 0 Å². The maximum absolute atomic E-state index is 12.2. The van der Waals surface area contributed by atoms with Crippen LogP contribution in [0.1, 0.15) is 48.2 Å². The average Bonchev–Trinajstić information content (AvgIpc) is 2.63. The van der Waals surface area contributed by atoms with Gasteiger partial charge < -0.3 is 14.2 Å². The van der Waals surface area contributed by atoms with E-state index in [0.29, 0.717) is 31.8 Å². The molecule has 0 heterocycles. The van der Waals surface area contributed by atoms with E-state index in [4.69, 9.17) is 14.2 Å². The highest BCUT2D eigenvalue weighted by Crippen LogP contribution is 2.41. The Morgan fingerprint density at radius 3 is 2.07 bits per heavy atom. The lowest BCUT2D eigenvalue weighted by Crippen LogP contribution is -2.05. The number of methoxy groups -OCH3 is 2. The summed E-state index contributed by atoms with van der Waals surface area (Å²) in [5.41, 5.74) is 2.14. The fraction of sp³-hybridized carbons (Fsp3) is 0.333. The average molecular weight is 514 g/mol. The third-order valence-corrected chi connectivity index (χ3v) is 5.36. The summed E-state index contributed by atoms with van der Waals surface area (Å²) in [6.45, 7) is 5.57. The lowest BCUT2D eigenvalue weighted by Gasteiger charge is -2.18. The zero-order valence-corrected chi connectivity index (χ0v) is 19.6. The molecular formula is C21H22Br2O5. The summed E-state index contributed by atoms with van der Waals surface area (Å²) in [5.74, 6) is 1.34. The Labute approximate surface area is 181 Å². The van der Waals surface area contributed by atoms with Gasteiger partial charge in [0.15, 0.2) is 11.5 Å². The summed E-state index contributed by atoms with van der Waals surface area (Å²) in [6.07, 6.45) is 0.146. The Bertz CT molecular complexity index is 883. The molecule has 2 rings (SSSR count). The van der Waals surface area contributed by atoms with E-state index in [9.17, 15) is 9.59 Å². The van der Waals surface area contributed by atoms with Crippen LogP contribution in [0.2, 0.25) is 0 Å². The van der Waals surface area contributed by atoms with Gasteiger partial charge in [0.1, 0.15) is 11.5 Å². The number of hydrogen-bond donors (Lipinski definition) is 0. The van der Waals surface area contributed by atoms with Gasteiger partial charge in [-0.25, -0.2) is 0 Å². The van der Waals surface area contributed by atoms with Crippen LogP contribution in [0.3, 0.4) is 0 Å². The summed E-state index contributed by atoms with van der Waals surface area (Å²) in [7, 11) is 2.93. The molecule has 0 N–H and O–H groups in total. The zero-order valence-electron chi connectivity index (χ0n) is 16.4. The van der Waals surface area contributed by atoms with Crippen molar-refractivity contribution in [3.8, 4) is 17.2 Å². The predicted molar refractivity (Wildman–Crippen MR) is 115 cm³/mol. The second-order valence-corrected chi connectivity index (χ2v) is 8.25. The van der Waals surface area contributed by atoms with E-state index in [1.54, 1.807) is 25.3 Å². The second-order valence-electron chi connectivity index (χ2n) is 6.54. The van der Waals surface area contributed by atoms with Crippen LogP contribution in [0.25, 0.3) is 0 Å². The van der Waals surface area contributed by atoms with Gasteiger partial charge in [-0.2, -0.15) is 0 Å². The SMILES string of the molecule is COC(=O)Cc1cc(Br)c(Oc2cc(C(C)C)c(OC)cc2C(C)=O)c(Br)c1. The molecule has 0 bridgehead atoms. The van der Waals surface area contributed by atoms with E-state index >= 15 is 0 Å². The number of esters is 1. The van der Waals surface area contributed by atoms with E-state index in [2.05, 4.69) is 31.9 Å². The van der Waals surface area contributed by atoms with Crippen molar-refractivity contribution in [3.05, 3.63) is 49.9 Å². The fourth-order valence-corrected chi connectivity index (χ4v) is 4.17. The quantitative estimate of drug-likeness (QED) is 0.333. The van der Waals surface area contributed by atoms with Crippen molar-refractivity contribution in [2.75, 3.05) is 14.2 Å². The summed E-state index contributed by atoms with van der Waals surface area (Å²) < 4.78 is 17.6. The third-order valence-electron chi connectivity index (χ3n) is 4.18. The second kappa shape index (κ2) is 9.56. The molecule has 150 valence electrons. The van der Waals surface area contributed by atoms with Crippen LogP contribution in [0.15, 0.2) is 33.2 Å². The summed E-state index contributed by atoms with van der Waals surface area (Å²) in [4.78, 5) is 23.7. The smallest absolute Gasteiger partial charge is 0.309 e. The molecule has 0 aliphatic carbocycles. The molecule has 5 nitrogen and oxygen atoms in total. The Balaban J connectivity index is 2.51. The summed E-state index contributed by atoms with van der Waals surface area (Å²) in [5, 5.41) is 0. The van der Waals surface area contributed by atoms with E-state index < -0.39 is 0 Å². The van der Waals surface area contributed by atoms with Gasteiger partial charge in [0.25, 0.3) is 0 Å². The number of ketones is 1. The number of rotatable bonds is 7. The van der Waals surface area contributed by atoms with Crippen molar-refractivity contribution >= 4 is 43.6 Å². The van der Waals surface area contributed by atoms with Crippen LogP contribution in [0.4, 0.5) is 0 Å². The number of benzene rings is 2. The molecule has 0 saturated heterocycles. The lowest BCUT2D eigenvalue weighted by atomic mass is 9.98. The molecule has 7 heteroatoms. The normalized spacial score (nSPS) is 10.7. The molecule has 0 fully saturated rings. The number of halogens is 2. The van der Waals surface area contributed by atoms with Crippen molar-refractivity contribution in [2.24, 2.45) is 0 Å². The monoisotopic (exact) mass is 512 g/mol. The van der Waals surface area contributed by atoms with Crippen molar-refractivity contribution in [3.63, 3.8) is 0 Å². The molecule has 28 heavy (non-hydrogen) atoms. The van der Waals surface area contributed by atoms with E-state index in [1.807, 2.05) is 19.9 Å². The first-order chi connectivity index (χ1) is 13.2. The standard InChI is InChI=1S/C21H22Br2O5/c1-11(2)14-9-19(15(12(3)24)10-18(14)26-4)28-21-16(22)6-13(7-17(21)23)8-20(25)27-5/h6-7,9-11H,8H2,1-5H3. The summed E-state index contributed by atoms with van der Waals surface area (Å²) in [6, 6.07) is 7.12. The number of Topliss-reactive ketones (excluding diaryl/α,β-unsaturated/α-hetero) is 1. The van der Waals surface area contributed by atoms with Crippen molar-refractivity contribution in [2.45, 2.75) is 33.1 Å². The van der Waals surface area contributed by atoms with Gasteiger partial charge in [0.05, 0.1) is 35.1 Å². The molecule has 0 aromatic heterocycles. The highest BCUT2D eigenvalue weighted by atomic mass is 79.9. The predicted octanol–water partition coefficient (Wildman–Crippen LogP) is 6.05. The van der Waals surface area contributed by atoms with Gasteiger partial charge in [-0.1, -0.05) is 13.8 Å². The maximum Gasteiger partial charge on any atom is 0.309 e. The zero-order chi connectivity index (χ0) is 21.0. The molecule has 0 unspecified atom stereocenters. The van der Waals surface area contributed by atoms with Crippen molar-refractivity contribution in [1.82, 2.24) is 0 Å². The van der Waals surface area contributed by atoms with Crippen LogP contribution in [0, 0.1) is 0 Å². The minimum Gasteiger partial charge on any atom is -0.496 e. The van der Waals surface area contributed by atoms with E-state index in [0.717, 1.165) is 11.1 Å². The molecule has 2 aromatic rings. The first kappa shape index (κ1) is 22.4. The Morgan fingerprint density at radius 1 is 1.00 bits per heavy atom. The molecule has 0 saturated carbocycles. The number of carbonyl (C=O) groups excluding carboxylic acids is 2. The first-order valence-corrected chi connectivity index (χ1v) is 10.2. The number of ether oxygens (including phenoxy) is 3. The highest BCUT2D eigenvalue weighted by molar-refractivity contribution is 9.11. The largest absolute Gasteiger partial charge is 0.496 e. The fourth-order valence-electron chi connectivity index (χ4n) is 2.72. The highest BCUT2D eigenvalue weighted by Gasteiger charge is 2.20. The van der Waals surface area contributed by atoms with Crippen LogP contribution in [0.5, 0.6) is 17.2 Å². The van der Waals surface area contributed by atoms with Gasteiger partial charge >= 0.3 is 5.97 Å². The molecule has 0 aliphatic heterocycles. The Kier molecular flexibility index (Phi) is 7.66. The van der Waals surface area contributed by atoms with Gasteiger partial charge in [-0.05, 0) is 74.5 Å². The van der Waals surface area contributed by atoms with E-state index in [-0.39, 0.29) is 24.1 Å². The van der Waals surface area contributed by atoms with Gasteiger partial charge in [0, 0.05) is 5.56 Å². The molecule has 0 radical (unpaired) electrons. The molecule has 0 spiro atoms.